The maximum absolute atomic E-state index is 5.53. The fraction of sp³-hybridized carbons (Fsp3) is 0.833. The van der Waals surface area contributed by atoms with Gasteiger partial charge in [0.05, 0.1) is 12.8 Å². The monoisotopic (exact) mass is 206 g/mol. The fourth-order valence-corrected chi connectivity index (χ4v) is 1.78. The molecular formula is C6H11ClN4S. The van der Waals surface area contributed by atoms with Crippen molar-refractivity contribution in [1.82, 2.24) is 20.2 Å². The largest absolute Gasteiger partial charge is 0.184 e. The van der Waals surface area contributed by atoms with E-state index in [1.54, 1.807) is 18.8 Å². The first-order chi connectivity index (χ1) is 5.83. The first kappa shape index (κ1) is 9.80. The normalized spacial score (nSPS) is 10.5. The van der Waals surface area contributed by atoms with Crippen molar-refractivity contribution in [3.8, 4) is 0 Å². The van der Waals surface area contributed by atoms with Crippen LogP contribution in [0.3, 0.4) is 0 Å². The molecule has 4 nitrogen and oxygen atoms in total. The number of thioether (sulfide) groups is 1. The van der Waals surface area contributed by atoms with E-state index in [9.17, 15) is 0 Å². The summed E-state index contributed by atoms with van der Waals surface area (Å²) in [4.78, 5) is 1.47. The number of tetrazole rings is 1. The molecule has 0 aliphatic rings. The van der Waals surface area contributed by atoms with Gasteiger partial charge in [0.1, 0.15) is 0 Å². The predicted octanol–water partition coefficient (Wildman–Crippen LogP) is 1.07. The van der Waals surface area contributed by atoms with Crippen molar-refractivity contribution < 1.29 is 0 Å². The Labute approximate surface area is 80.7 Å². The predicted molar refractivity (Wildman–Crippen MR) is 50.3 cm³/mol. The van der Waals surface area contributed by atoms with Crippen LogP contribution in [0.2, 0.25) is 0 Å². The molecule has 1 aromatic heterocycles. The van der Waals surface area contributed by atoms with E-state index in [0.29, 0.717) is 0 Å². The van der Waals surface area contributed by atoms with Gasteiger partial charge in [-0.05, 0) is 17.4 Å². The van der Waals surface area contributed by atoms with E-state index >= 15 is 0 Å². The first-order valence-corrected chi connectivity index (χ1v) is 5.38. The van der Waals surface area contributed by atoms with Crippen molar-refractivity contribution in [2.24, 2.45) is 7.05 Å². The van der Waals surface area contributed by atoms with Gasteiger partial charge >= 0.3 is 0 Å². The number of rotatable bonds is 5. The van der Waals surface area contributed by atoms with Crippen molar-refractivity contribution in [3.63, 3.8) is 0 Å². The Bertz CT molecular complexity index is 227. The highest BCUT2D eigenvalue weighted by Gasteiger charge is 1.98. The zero-order valence-corrected chi connectivity index (χ0v) is 8.48. The standard InChI is InChI=1S/C6H11ClN4S/c1-11-9-6(8-10-11)5-12-4-2-3-7/h2-5H2,1H3. The van der Waals surface area contributed by atoms with Gasteiger partial charge in [-0.15, -0.1) is 21.8 Å². The molecule has 68 valence electrons. The molecule has 0 radical (unpaired) electrons. The fourth-order valence-electron chi connectivity index (χ4n) is 0.701. The smallest absolute Gasteiger partial charge is 0.167 e. The molecule has 0 saturated heterocycles. The maximum Gasteiger partial charge on any atom is 0.184 e. The van der Waals surface area contributed by atoms with Gasteiger partial charge in [-0.2, -0.15) is 16.6 Å². The van der Waals surface area contributed by atoms with Gasteiger partial charge in [-0.25, -0.2) is 0 Å². The quantitative estimate of drug-likeness (QED) is 0.534. The molecule has 1 heterocycles. The van der Waals surface area contributed by atoms with E-state index in [2.05, 4.69) is 15.4 Å². The Hall–Kier alpha value is -0.290. The molecule has 0 N–H and O–H groups in total. The Balaban J connectivity index is 2.15. The molecule has 6 heteroatoms. The summed E-state index contributed by atoms with van der Waals surface area (Å²) in [6, 6.07) is 0. The van der Waals surface area contributed by atoms with Gasteiger partial charge in [0, 0.05) is 5.88 Å². The second kappa shape index (κ2) is 5.37. The van der Waals surface area contributed by atoms with E-state index in [0.717, 1.165) is 29.6 Å². The molecule has 12 heavy (non-hydrogen) atoms. The third-order valence-electron chi connectivity index (χ3n) is 1.20. The summed E-state index contributed by atoms with van der Waals surface area (Å²) in [5.74, 6) is 3.39. The van der Waals surface area contributed by atoms with Gasteiger partial charge in [0.2, 0.25) is 0 Å². The van der Waals surface area contributed by atoms with Gasteiger partial charge in [-0.3, -0.25) is 0 Å². The Morgan fingerprint density at radius 2 is 2.42 bits per heavy atom. The molecule has 0 unspecified atom stereocenters. The van der Waals surface area contributed by atoms with Crippen LogP contribution in [0, 0.1) is 0 Å². The molecule has 0 aliphatic heterocycles. The molecule has 0 fully saturated rings. The molecule has 0 aromatic carbocycles. The van der Waals surface area contributed by atoms with E-state index in [1.807, 2.05) is 0 Å². The van der Waals surface area contributed by atoms with Gasteiger partial charge in [0.25, 0.3) is 0 Å². The van der Waals surface area contributed by atoms with E-state index in [1.165, 1.54) is 4.80 Å². The topological polar surface area (TPSA) is 43.6 Å². The number of hydrogen-bond acceptors (Lipinski definition) is 4. The minimum absolute atomic E-state index is 0.723. The Morgan fingerprint density at radius 1 is 1.58 bits per heavy atom. The van der Waals surface area contributed by atoms with Crippen LogP contribution in [0.15, 0.2) is 0 Å². The van der Waals surface area contributed by atoms with Crippen LogP contribution >= 0.6 is 23.4 Å². The molecule has 0 spiro atoms. The van der Waals surface area contributed by atoms with Gasteiger partial charge in [0.15, 0.2) is 5.82 Å². The van der Waals surface area contributed by atoms with E-state index < -0.39 is 0 Å². The molecule has 0 saturated carbocycles. The summed E-state index contributed by atoms with van der Waals surface area (Å²) in [6.45, 7) is 0. The lowest BCUT2D eigenvalue weighted by molar-refractivity contribution is 0.628. The molecule has 1 rings (SSSR count). The maximum atomic E-state index is 5.53. The first-order valence-electron chi connectivity index (χ1n) is 3.69. The summed E-state index contributed by atoms with van der Waals surface area (Å²) in [5.41, 5.74) is 0. The number of aromatic nitrogens is 4. The minimum Gasteiger partial charge on any atom is -0.167 e. The van der Waals surface area contributed by atoms with Crippen molar-refractivity contribution in [2.45, 2.75) is 12.2 Å². The van der Waals surface area contributed by atoms with Crippen LogP contribution in [0.25, 0.3) is 0 Å². The second-order valence-electron chi connectivity index (χ2n) is 2.29. The van der Waals surface area contributed by atoms with Crippen molar-refractivity contribution in [1.29, 1.82) is 0 Å². The lowest BCUT2D eigenvalue weighted by Crippen LogP contribution is -1.93. The van der Waals surface area contributed by atoms with Gasteiger partial charge in [-0.1, -0.05) is 0 Å². The van der Waals surface area contributed by atoms with Gasteiger partial charge < -0.3 is 0 Å². The molecular weight excluding hydrogens is 196 g/mol. The molecule has 1 aromatic rings. The summed E-state index contributed by atoms with van der Waals surface area (Å²) >= 11 is 7.31. The van der Waals surface area contributed by atoms with Crippen LogP contribution in [-0.4, -0.2) is 31.8 Å². The Kier molecular flexibility index (Phi) is 4.39. The highest BCUT2D eigenvalue weighted by Crippen LogP contribution is 2.08. The van der Waals surface area contributed by atoms with Crippen LogP contribution in [-0.2, 0) is 12.8 Å². The molecule has 0 atom stereocenters. The zero-order valence-electron chi connectivity index (χ0n) is 6.90. The minimum atomic E-state index is 0.723. The second-order valence-corrected chi connectivity index (χ2v) is 3.77. The third-order valence-corrected chi connectivity index (χ3v) is 2.51. The Morgan fingerprint density at radius 3 is 3.00 bits per heavy atom. The zero-order chi connectivity index (χ0) is 8.81. The SMILES string of the molecule is Cn1nnc(CSCCCCl)n1. The number of aryl methyl sites for hydroxylation is 1. The van der Waals surface area contributed by atoms with Crippen molar-refractivity contribution in [3.05, 3.63) is 5.82 Å². The van der Waals surface area contributed by atoms with E-state index in [4.69, 9.17) is 11.6 Å². The summed E-state index contributed by atoms with van der Waals surface area (Å²) < 4.78 is 0. The summed E-state index contributed by atoms with van der Waals surface area (Å²) in [5, 5.41) is 11.6. The number of nitrogens with zero attached hydrogens (tertiary/aromatic N) is 4. The number of hydrogen-bond donors (Lipinski definition) is 0. The van der Waals surface area contributed by atoms with Crippen LogP contribution < -0.4 is 0 Å². The number of alkyl halides is 1. The highest BCUT2D eigenvalue weighted by molar-refractivity contribution is 7.98. The molecule has 0 amide bonds. The number of halogens is 1. The summed E-state index contributed by atoms with van der Waals surface area (Å²) in [6.07, 6.45) is 1.03. The average Bonchev–Trinajstić information content (AvgIpc) is 2.45. The van der Waals surface area contributed by atoms with Crippen LogP contribution in [0.4, 0.5) is 0 Å². The highest BCUT2D eigenvalue weighted by atomic mass is 35.5. The lowest BCUT2D eigenvalue weighted by Gasteiger charge is -1.93. The van der Waals surface area contributed by atoms with Crippen molar-refractivity contribution >= 4 is 23.4 Å². The van der Waals surface area contributed by atoms with Crippen LogP contribution in [0.5, 0.6) is 0 Å². The average molecular weight is 207 g/mol. The lowest BCUT2D eigenvalue weighted by atomic mass is 10.6. The van der Waals surface area contributed by atoms with Crippen molar-refractivity contribution in [2.75, 3.05) is 11.6 Å². The molecule has 0 bridgehead atoms. The van der Waals surface area contributed by atoms with E-state index in [-0.39, 0.29) is 0 Å². The summed E-state index contributed by atoms with van der Waals surface area (Å²) in [7, 11) is 1.76. The molecule has 0 aliphatic carbocycles. The van der Waals surface area contributed by atoms with Crippen LogP contribution in [0.1, 0.15) is 12.2 Å². The third kappa shape index (κ3) is 3.40.